The van der Waals surface area contributed by atoms with Crippen LogP contribution >= 0.6 is 11.6 Å². The Labute approximate surface area is 185 Å². The van der Waals surface area contributed by atoms with E-state index in [1.54, 1.807) is 32.9 Å². The molecule has 3 unspecified atom stereocenters. The van der Waals surface area contributed by atoms with E-state index in [1.807, 2.05) is 0 Å². The summed E-state index contributed by atoms with van der Waals surface area (Å²) in [5, 5.41) is 13.4. The highest BCUT2D eigenvalue weighted by atomic mass is 35.5. The molecule has 2 aliphatic rings. The minimum absolute atomic E-state index is 0.0193. The molecule has 30 heavy (non-hydrogen) atoms. The van der Waals surface area contributed by atoms with Gasteiger partial charge >= 0.3 is 0 Å². The lowest BCUT2D eigenvalue weighted by Gasteiger charge is -2.46. The Morgan fingerprint density at radius 1 is 1.30 bits per heavy atom. The predicted molar refractivity (Wildman–Crippen MR) is 118 cm³/mol. The molecule has 1 aromatic rings. The Hall–Kier alpha value is -1.15. The number of carbonyl (C=O) groups excluding carboxylic acids is 1. The highest BCUT2D eigenvalue weighted by molar-refractivity contribution is 7.89. The second-order valence-electron chi connectivity index (χ2n) is 9.36. The fourth-order valence-corrected chi connectivity index (χ4v) is 7.00. The molecule has 168 valence electrons. The summed E-state index contributed by atoms with van der Waals surface area (Å²) in [5.74, 6) is 0.633. The molecule has 0 aliphatic heterocycles. The van der Waals surface area contributed by atoms with Gasteiger partial charge < -0.3 is 10.4 Å². The Balaban J connectivity index is 1.83. The summed E-state index contributed by atoms with van der Waals surface area (Å²) < 4.78 is 27.7. The van der Waals surface area contributed by atoms with Crippen LogP contribution in [0.4, 0.5) is 0 Å². The van der Waals surface area contributed by atoms with E-state index in [0.29, 0.717) is 22.4 Å². The van der Waals surface area contributed by atoms with E-state index in [4.69, 9.17) is 11.6 Å². The van der Waals surface area contributed by atoms with Gasteiger partial charge in [-0.1, -0.05) is 30.5 Å². The summed E-state index contributed by atoms with van der Waals surface area (Å²) >= 11 is 6.13. The molecule has 4 atom stereocenters. The molecule has 2 bridgehead atoms. The van der Waals surface area contributed by atoms with Gasteiger partial charge in [-0.25, -0.2) is 8.42 Å². The van der Waals surface area contributed by atoms with E-state index in [-0.39, 0.29) is 29.4 Å². The van der Waals surface area contributed by atoms with E-state index in [2.05, 4.69) is 5.32 Å². The third-order valence-corrected chi connectivity index (χ3v) is 9.79. The number of likely N-dealkylation sites (N-methyl/N-ethyl adjacent to an activating group) is 1. The largest absolute Gasteiger partial charge is 0.396 e. The summed E-state index contributed by atoms with van der Waals surface area (Å²) in [6, 6.07) is 4.62. The van der Waals surface area contributed by atoms with Crippen LogP contribution in [0, 0.1) is 24.7 Å². The third kappa shape index (κ3) is 4.27. The molecule has 0 radical (unpaired) electrons. The van der Waals surface area contributed by atoms with Crippen LogP contribution in [-0.4, -0.2) is 49.0 Å². The maximum Gasteiger partial charge on any atom is 0.244 e. The van der Waals surface area contributed by atoms with E-state index in [1.165, 1.54) is 19.5 Å². The number of halogens is 1. The molecule has 0 aromatic heterocycles. The van der Waals surface area contributed by atoms with Crippen molar-refractivity contribution < 1.29 is 18.3 Å². The van der Waals surface area contributed by atoms with Crippen molar-refractivity contribution in [2.45, 2.75) is 69.4 Å². The van der Waals surface area contributed by atoms with Crippen molar-refractivity contribution in [1.29, 1.82) is 0 Å². The van der Waals surface area contributed by atoms with E-state index >= 15 is 0 Å². The summed E-state index contributed by atoms with van der Waals surface area (Å²) in [6.45, 7) is 4.91. The molecular weight excluding hydrogens is 424 g/mol. The number of aliphatic hydroxyl groups excluding tert-OH is 1. The number of benzene rings is 1. The SMILES string of the molecule is Cc1c(Cl)cccc1S(=O)(=O)N(C)C(C)(C)C(=O)N[C@H]1C(CO)CC2CCCC1C2. The first kappa shape index (κ1) is 23.5. The number of amides is 1. The Morgan fingerprint density at radius 3 is 2.67 bits per heavy atom. The van der Waals surface area contributed by atoms with E-state index < -0.39 is 15.6 Å². The Kier molecular flexibility index (Phi) is 6.87. The van der Waals surface area contributed by atoms with Crippen molar-refractivity contribution >= 4 is 27.5 Å². The lowest BCUT2D eigenvalue weighted by atomic mass is 9.65. The molecule has 3 rings (SSSR count). The van der Waals surface area contributed by atoms with Gasteiger partial charge in [0.15, 0.2) is 0 Å². The van der Waals surface area contributed by atoms with E-state index in [0.717, 1.165) is 30.0 Å². The van der Waals surface area contributed by atoms with Gasteiger partial charge in [0.25, 0.3) is 0 Å². The van der Waals surface area contributed by atoms with Gasteiger partial charge in [0.1, 0.15) is 5.54 Å². The molecule has 2 aliphatic carbocycles. The first-order chi connectivity index (χ1) is 14.0. The van der Waals surface area contributed by atoms with Gasteiger partial charge in [0, 0.05) is 30.6 Å². The zero-order chi connectivity index (χ0) is 22.3. The molecule has 1 aromatic carbocycles. The number of nitrogens with zero attached hydrogens (tertiary/aromatic N) is 1. The molecule has 0 spiro atoms. The van der Waals surface area contributed by atoms with Crippen LogP contribution in [0.2, 0.25) is 5.02 Å². The summed E-state index contributed by atoms with van der Waals surface area (Å²) in [5.41, 5.74) is -0.845. The number of fused-ring (bicyclic) bond motifs is 2. The quantitative estimate of drug-likeness (QED) is 0.687. The molecular formula is C22H33ClN2O4S. The molecule has 6 nitrogen and oxygen atoms in total. The zero-order valence-electron chi connectivity index (χ0n) is 18.2. The van der Waals surface area contributed by atoms with Crippen molar-refractivity contribution in [3.8, 4) is 0 Å². The summed E-state index contributed by atoms with van der Waals surface area (Å²) in [7, 11) is -2.51. The van der Waals surface area contributed by atoms with Crippen molar-refractivity contribution in [2.24, 2.45) is 17.8 Å². The van der Waals surface area contributed by atoms with Gasteiger partial charge in [-0.15, -0.1) is 0 Å². The topological polar surface area (TPSA) is 86.7 Å². The van der Waals surface area contributed by atoms with Crippen LogP contribution in [0.1, 0.15) is 51.5 Å². The normalized spacial score (nSPS) is 27.2. The fourth-order valence-electron chi connectivity index (χ4n) is 5.04. The smallest absolute Gasteiger partial charge is 0.244 e. The van der Waals surface area contributed by atoms with Crippen LogP contribution in [0.5, 0.6) is 0 Å². The standard InChI is InChI=1S/C22H33ClN2O4S/c1-14-18(23)9-6-10-19(14)30(28,29)25(4)22(2,3)21(27)24-20-16-8-5-7-15(11-16)12-17(20)13-26/h6,9-10,15-17,20,26H,5,7-8,11-13H2,1-4H3,(H,24,27)/t15?,16?,17?,20-/m1/s1. The maximum absolute atomic E-state index is 13.3. The molecule has 1 amide bonds. The highest BCUT2D eigenvalue weighted by Crippen LogP contribution is 2.43. The molecule has 2 N–H and O–H groups in total. The van der Waals surface area contributed by atoms with E-state index in [9.17, 15) is 18.3 Å². The van der Waals surface area contributed by atoms with Crippen LogP contribution in [0.15, 0.2) is 23.1 Å². The lowest BCUT2D eigenvalue weighted by molar-refractivity contribution is -0.131. The third-order valence-electron chi connectivity index (χ3n) is 7.21. The van der Waals surface area contributed by atoms with Crippen LogP contribution in [-0.2, 0) is 14.8 Å². The first-order valence-corrected chi connectivity index (χ1v) is 12.5. The monoisotopic (exact) mass is 456 g/mol. The number of hydrogen-bond acceptors (Lipinski definition) is 4. The van der Waals surface area contributed by atoms with Crippen molar-refractivity contribution in [2.75, 3.05) is 13.7 Å². The number of hydrogen-bond donors (Lipinski definition) is 2. The van der Waals surface area contributed by atoms with Crippen molar-refractivity contribution in [3.05, 3.63) is 28.8 Å². The first-order valence-electron chi connectivity index (χ1n) is 10.7. The van der Waals surface area contributed by atoms with Crippen molar-refractivity contribution in [1.82, 2.24) is 9.62 Å². The number of carbonyl (C=O) groups is 1. The minimum atomic E-state index is -3.93. The predicted octanol–water partition coefficient (Wildman–Crippen LogP) is 3.35. The summed E-state index contributed by atoms with van der Waals surface area (Å²) in [4.78, 5) is 13.4. The van der Waals surface area contributed by atoms with Gasteiger partial charge in [-0.3, -0.25) is 4.79 Å². The number of aliphatic hydroxyl groups is 1. The van der Waals surface area contributed by atoms with Crippen molar-refractivity contribution in [3.63, 3.8) is 0 Å². The molecule has 0 saturated heterocycles. The van der Waals surface area contributed by atoms with Crippen LogP contribution < -0.4 is 5.32 Å². The van der Waals surface area contributed by atoms with Gasteiger partial charge in [0.05, 0.1) is 4.90 Å². The average molecular weight is 457 g/mol. The van der Waals surface area contributed by atoms with Gasteiger partial charge in [-0.2, -0.15) is 4.31 Å². The number of nitrogens with one attached hydrogen (secondary N) is 1. The van der Waals surface area contributed by atoms with Crippen LogP contribution in [0.3, 0.4) is 0 Å². The van der Waals surface area contributed by atoms with Gasteiger partial charge in [-0.05, 0) is 69.6 Å². The number of rotatable bonds is 6. The molecule has 8 heteroatoms. The average Bonchev–Trinajstić information content (AvgIpc) is 2.71. The lowest BCUT2D eigenvalue weighted by Crippen LogP contribution is -2.60. The zero-order valence-corrected chi connectivity index (χ0v) is 19.8. The number of sulfonamides is 1. The minimum Gasteiger partial charge on any atom is -0.396 e. The second kappa shape index (κ2) is 8.77. The van der Waals surface area contributed by atoms with Crippen LogP contribution in [0.25, 0.3) is 0 Å². The molecule has 0 heterocycles. The van der Waals surface area contributed by atoms with Gasteiger partial charge in [0.2, 0.25) is 15.9 Å². The molecule has 2 fully saturated rings. The fraction of sp³-hybridized carbons (Fsp3) is 0.682. The highest BCUT2D eigenvalue weighted by Gasteiger charge is 2.45. The Morgan fingerprint density at radius 2 is 2.00 bits per heavy atom. The molecule has 2 saturated carbocycles. The Bertz CT molecular complexity index is 900. The maximum atomic E-state index is 13.3. The second-order valence-corrected chi connectivity index (χ2v) is 11.7. The summed E-state index contributed by atoms with van der Waals surface area (Å²) in [6.07, 6.45) is 5.35.